The number of rotatable bonds is 0. The van der Waals surface area contributed by atoms with Gasteiger partial charge in [0.25, 0.3) is 0 Å². The van der Waals surface area contributed by atoms with Crippen molar-refractivity contribution in [1.82, 2.24) is 39.5 Å². The SMILES string of the molecule is Cn1c2nc3nc(nc4[n-]c(nc5nc(nc1c1ccccc12)-c1ccccc1-5)c1ccccc41)-c1ccccc1-3.[O]=[Ti+]. The molecule has 43 heavy (non-hydrogen) atoms. The third-order valence-corrected chi connectivity index (χ3v) is 7.75. The first-order chi connectivity index (χ1) is 21.2. The zero-order valence-corrected chi connectivity index (χ0v) is 24.3. The van der Waals surface area contributed by atoms with Gasteiger partial charge < -0.3 is 19.5 Å². The topological polar surface area (TPSA) is 113 Å². The van der Waals surface area contributed by atoms with Crippen molar-refractivity contribution in [3.8, 4) is 45.6 Å². The summed E-state index contributed by atoms with van der Waals surface area (Å²) in [6, 6.07) is 32.2. The molecule has 0 amide bonds. The number of hydrogen-bond acceptors (Lipinski definition) is 7. The van der Waals surface area contributed by atoms with Crippen LogP contribution in [0.25, 0.3) is 89.7 Å². The van der Waals surface area contributed by atoms with Gasteiger partial charge in [0, 0.05) is 51.4 Å². The standard InChI is InChI=1S/C33H19N8.O.Ti/c1-41-32-24-16-8-9-17-25(24)33(41)40-31-23-15-7-5-13-21(23)29(38-31)36-27-19-11-3-2-10-18(19)26(34-27)35-28-20-12-4-6-14-22(20)30(37-28)39-32;;/h2-17H,1H3;;/q-1;;+1. The Bertz CT molecular complexity index is 2270. The van der Waals surface area contributed by atoms with Gasteiger partial charge >= 0.3 is 23.7 Å². The molecule has 0 fully saturated rings. The first-order valence-corrected chi connectivity index (χ1v) is 14.2. The van der Waals surface area contributed by atoms with E-state index >= 15 is 0 Å². The molecule has 9 rings (SSSR count). The molecule has 5 heterocycles. The van der Waals surface area contributed by atoms with Crippen molar-refractivity contribution in [3.05, 3.63) is 97.1 Å². The number of aryl methyl sites for hydroxylation is 1. The molecule has 2 aliphatic heterocycles. The van der Waals surface area contributed by atoms with Crippen LogP contribution in [0.1, 0.15) is 0 Å². The maximum atomic E-state index is 8.25. The van der Waals surface area contributed by atoms with E-state index in [1.165, 1.54) is 0 Å². The second kappa shape index (κ2) is 9.94. The van der Waals surface area contributed by atoms with E-state index in [0.29, 0.717) is 34.6 Å². The molecule has 0 unspecified atom stereocenters. The van der Waals surface area contributed by atoms with Crippen molar-refractivity contribution < 1.29 is 23.7 Å². The molecule has 0 N–H and O–H groups in total. The predicted octanol–water partition coefficient (Wildman–Crippen LogP) is 6.39. The molecule has 7 aromatic rings. The van der Waals surface area contributed by atoms with Crippen LogP contribution in [0.2, 0.25) is 0 Å². The van der Waals surface area contributed by atoms with Crippen molar-refractivity contribution in [3.63, 3.8) is 0 Å². The normalized spacial score (nSPS) is 11.6. The van der Waals surface area contributed by atoms with Gasteiger partial charge in [-0.2, -0.15) is 0 Å². The van der Waals surface area contributed by atoms with Crippen LogP contribution in [-0.2, 0) is 30.8 Å². The Morgan fingerprint density at radius 1 is 0.465 bits per heavy atom. The summed E-state index contributed by atoms with van der Waals surface area (Å²) < 4.78 is 10.3. The van der Waals surface area contributed by atoms with Crippen LogP contribution < -0.4 is 4.98 Å². The minimum atomic E-state index is 0.564. The molecular formula is C33H19N8OTi. The van der Waals surface area contributed by atoms with Crippen molar-refractivity contribution in [2.24, 2.45) is 7.05 Å². The Morgan fingerprint density at radius 2 is 0.791 bits per heavy atom. The molecule has 0 saturated carbocycles. The molecule has 2 aliphatic rings. The summed E-state index contributed by atoms with van der Waals surface area (Å²) in [4.78, 5) is 35.0. The van der Waals surface area contributed by atoms with E-state index in [0.717, 1.165) is 75.5 Å². The summed E-state index contributed by atoms with van der Waals surface area (Å²) in [7, 11) is 1.98. The van der Waals surface area contributed by atoms with Crippen molar-refractivity contribution in [1.29, 1.82) is 0 Å². The van der Waals surface area contributed by atoms with Crippen LogP contribution >= 0.6 is 0 Å². The van der Waals surface area contributed by atoms with Gasteiger partial charge in [-0.15, -0.1) is 0 Å². The van der Waals surface area contributed by atoms with Gasteiger partial charge in [0.1, 0.15) is 11.3 Å². The summed E-state index contributed by atoms with van der Waals surface area (Å²) >= 11 is 0.750. The van der Waals surface area contributed by atoms with Crippen molar-refractivity contribution in [2.75, 3.05) is 0 Å². The third kappa shape index (κ3) is 3.90. The Labute approximate surface area is 256 Å². The van der Waals surface area contributed by atoms with E-state index in [1.54, 1.807) is 0 Å². The Kier molecular flexibility index (Phi) is 5.89. The maximum absolute atomic E-state index is 8.25. The minimum absolute atomic E-state index is 0.564. The average molecular weight is 591 g/mol. The van der Waals surface area contributed by atoms with E-state index in [9.17, 15) is 0 Å². The van der Waals surface area contributed by atoms with Gasteiger partial charge in [-0.1, -0.05) is 97.1 Å². The fourth-order valence-corrected chi connectivity index (χ4v) is 5.80. The molecular weight excluding hydrogens is 572 g/mol. The van der Waals surface area contributed by atoms with E-state index in [1.807, 2.05) is 96.5 Å². The Hall–Kier alpha value is -5.25. The number of hydrogen-bond donors (Lipinski definition) is 0. The second-order valence-electron chi connectivity index (χ2n) is 10.1. The average Bonchev–Trinajstić information content (AvgIpc) is 3.77. The molecule has 0 radical (unpaired) electrons. The van der Waals surface area contributed by atoms with Gasteiger partial charge in [-0.3, -0.25) is 0 Å². The molecule has 8 bridgehead atoms. The fourth-order valence-electron chi connectivity index (χ4n) is 5.80. The first kappa shape index (κ1) is 25.5. The summed E-state index contributed by atoms with van der Waals surface area (Å²) in [6.07, 6.45) is 0. The van der Waals surface area contributed by atoms with Gasteiger partial charge in [-0.25, -0.2) is 19.9 Å². The molecule has 0 aliphatic carbocycles. The number of aromatic nitrogens is 8. The number of fused-ring (bicyclic) bond motifs is 20. The zero-order chi connectivity index (χ0) is 29.1. The van der Waals surface area contributed by atoms with E-state index in [-0.39, 0.29) is 0 Å². The predicted molar refractivity (Wildman–Crippen MR) is 160 cm³/mol. The molecule has 9 nitrogen and oxygen atoms in total. The molecule has 10 heteroatoms. The van der Waals surface area contributed by atoms with Crippen molar-refractivity contribution in [2.45, 2.75) is 0 Å². The molecule has 4 aromatic carbocycles. The Balaban J connectivity index is 0.00000136. The number of nitrogens with zero attached hydrogens (tertiary/aromatic N) is 8. The molecule has 3 aromatic heterocycles. The molecule has 201 valence electrons. The Morgan fingerprint density at radius 3 is 1.19 bits per heavy atom. The van der Waals surface area contributed by atoms with Crippen LogP contribution in [0.5, 0.6) is 0 Å². The van der Waals surface area contributed by atoms with Crippen LogP contribution in [0, 0.1) is 0 Å². The van der Waals surface area contributed by atoms with E-state index < -0.39 is 0 Å². The summed E-state index contributed by atoms with van der Waals surface area (Å²) in [5.41, 5.74) is 6.33. The quantitative estimate of drug-likeness (QED) is 0.187. The van der Waals surface area contributed by atoms with Gasteiger partial charge in [-0.05, 0) is 10.8 Å². The van der Waals surface area contributed by atoms with Crippen LogP contribution in [0.3, 0.4) is 0 Å². The fraction of sp³-hybridized carbons (Fsp3) is 0.0303. The summed E-state index contributed by atoms with van der Waals surface area (Å²) in [6.45, 7) is 0. The van der Waals surface area contributed by atoms with Gasteiger partial charge in [0.2, 0.25) is 0 Å². The summed E-state index contributed by atoms with van der Waals surface area (Å²) in [5.74, 6) is 2.35. The van der Waals surface area contributed by atoms with Crippen LogP contribution in [0.4, 0.5) is 0 Å². The van der Waals surface area contributed by atoms with Crippen LogP contribution in [0.15, 0.2) is 97.1 Å². The van der Waals surface area contributed by atoms with Gasteiger partial charge in [0.05, 0.1) is 11.6 Å². The second-order valence-corrected chi connectivity index (χ2v) is 10.1. The summed E-state index contributed by atoms with van der Waals surface area (Å²) in [5, 5.41) is 3.77. The van der Waals surface area contributed by atoms with Gasteiger partial charge in [0.15, 0.2) is 11.6 Å². The molecule has 0 atom stereocenters. The first-order valence-electron chi connectivity index (χ1n) is 13.5. The molecule has 0 spiro atoms. The molecule has 0 saturated heterocycles. The van der Waals surface area contributed by atoms with E-state index in [4.69, 9.17) is 38.2 Å². The third-order valence-electron chi connectivity index (χ3n) is 7.75. The number of benzene rings is 4. The monoisotopic (exact) mass is 591 g/mol. The zero-order valence-electron chi connectivity index (χ0n) is 22.7. The van der Waals surface area contributed by atoms with E-state index in [2.05, 4.69) is 12.1 Å². The van der Waals surface area contributed by atoms with Crippen molar-refractivity contribution >= 4 is 44.1 Å². The van der Waals surface area contributed by atoms with Crippen LogP contribution in [-0.4, -0.2) is 34.5 Å².